The molecule has 6 heteroatoms. The molecule has 4 rings (SSSR count). The van der Waals surface area contributed by atoms with Gasteiger partial charge in [-0.25, -0.2) is 0 Å². The number of hydrogen-bond donors (Lipinski definition) is 1. The largest absolute Gasteiger partial charge is 0.460 e. The first-order valence-electron chi connectivity index (χ1n) is 7.71. The van der Waals surface area contributed by atoms with Crippen molar-refractivity contribution in [1.29, 1.82) is 0 Å². The number of ether oxygens (including phenoxy) is 1. The van der Waals surface area contributed by atoms with Crippen LogP contribution >= 0.6 is 0 Å². The van der Waals surface area contributed by atoms with Crippen LogP contribution in [0.4, 0.5) is 0 Å². The molecule has 24 heavy (non-hydrogen) atoms. The lowest BCUT2D eigenvalue weighted by atomic mass is 9.97. The minimum absolute atomic E-state index is 0.0728. The summed E-state index contributed by atoms with van der Waals surface area (Å²) in [4.78, 5) is 15.5. The second-order valence-electron chi connectivity index (χ2n) is 5.78. The van der Waals surface area contributed by atoms with Crippen LogP contribution in [0.2, 0.25) is 0 Å². The molecular formula is C18H16N4O2. The van der Waals surface area contributed by atoms with Gasteiger partial charge in [0, 0.05) is 23.5 Å². The molecule has 2 N–H and O–H groups in total. The molecule has 0 unspecified atom stereocenters. The highest BCUT2D eigenvalue weighted by Crippen LogP contribution is 2.35. The quantitative estimate of drug-likeness (QED) is 0.932. The van der Waals surface area contributed by atoms with Crippen molar-refractivity contribution in [3.8, 4) is 5.75 Å². The number of benzene rings is 1. The molecule has 2 aliphatic rings. The van der Waals surface area contributed by atoms with E-state index in [2.05, 4.69) is 4.98 Å². The summed E-state index contributed by atoms with van der Waals surface area (Å²) >= 11 is 0. The molecule has 0 atom stereocenters. The summed E-state index contributed by atoms with van der Waals surface area (Å²) in [5.74, 6) is 0.884. The van der Waals surface area contributed by atoms with Gasteiger partial charge in [-0.15, -0.1) is 0 Å². The minimum Gasteiger partial charge on any atom is -0.460 e. The van der Waals surface area contributed by atoms with Crippen LogP contribution in [-0.4, -0.2) is 28.2 Å². The number of amides is 1. The van der Waals surface area contributed by atoms with E-state index in [1.54, 1.807) is 6.20 Å². The maximum absolute atomic E-state index is 11.4. The van der Waals surface area contributed by atoms with Crippen molar-refractivity contribution in [3.05, 3.63) is 71.3 Å². The molecule has 0 saturated heterocycles. The Morgan fingerprint density at radius 2 is 2.12 bits per heavy atom. The molecule has 0 bridgehead atoms. The van der Waals surface area contributed by atoms with Crippen LogP contribution in [0.15, 0.2) is 65.2 Å². The highest BCUT2D eigenvalue weighted by molar-refractivity contribution is 6.16. The number of nitrogens with zero attached hydrogens (tertiary/aromatic N) is 3. The summed E-state index contributed by atoms with van der Waals surface area (Å²) in [6, 6.07) is 11.6. The van der Waals surface area contributed by atoms with E-state index in [0.29, 0.717) is 24.6 Å². The van der Waals surface area contributed by atoms with Crippen LogP contribution in [0.3, 0.4) is 0 Å². The summed E-state index contributed by atoms with van der Waals surface area (Å²) < 4.78 is 5.91. The molecule has 1 amide bonds. The van der Waals surface area contributed by atoms with Crippen molar-refractivity contribution in [2.45, 2.75) is 13.0 Å². The Morgan fingerprint density at radius 3 is 2.92 bits per heavy atom. The van der Waals surface area contributed by atoms with Gasteiger partial charge in [0.25, 0.3) is 0 Å². The number of hydrazone groups is 1. The highest BCUT2D eigenvalue weighted by atomic mass is 16.5. The van der Waals surface area contributed by atoms with Crippen molar-refractivity contribution in [3.63, 3.8) is 0 Å². The van der Waals surface area contributed by atoms with Gasteiger partial charge in [0.05, 0.1) is 19.5 Å². The molecule has 3 heterocycles. The van der Waals surface area contributed by atoms with Gasteiger partial charge >= 0.3 is 0 Å². The third kappa shape index (κ3) is 2.62. The van der Waals surface area contributed by atoms with Crippen LogP contribution in [0, 0.1) is 0 Å². The number of carbonyl (C=O) groups is 1. The van der Waals surface area contributed by atoms with Crippen LogP contribution in [0.25, 0.3) is 0 Å². The van der Waals surface area contributed by atoms with Crippen molar-refractivity contribution in [2.24, 2.45) is 10.8 Å². The Bertz CT molecular complexity index is 858. The average molecular weight is 320 g/mol. The average Bonchev–Trinajstić information content (AvgIpc) is 3.00. The van der Waals surface area contributed by atoms with Crippen molar-refractivity contribution >= 4 is 11.6 Å². The Kier molecular flexibility index (Phi) is 3.49. The molecule has 6 nitrogen and oxygen atoms in total. The zero-order valence-corrected chi connectivity index (χ0v) is 13.0. The predicted molar refractivity (Wildman–Crippen MR) is 89.1 cm³/mol. The van der Waals surface area contributed by atoms with E-state index < -0.39 is 5.91 Å². The summed E-state index contributed by atoms with van der Waals surface area (Å²) in [6.45, 7) is 1.23. The fourth-order valence-electron chi connectivity index (χ4n) is 2.97. The van der Waals surface area contributed by atoms with E-state index in [9.17, 15) is 4.79 Å². The predicted octanol–water partition coefficient (Wildman–Crippen LogP) is 1.82. The second-order valence-corrected chi connectivity index (χ2v) is 5.78. The number of rotatable bonds is 4. The Morgan fingerprint density at radius 1 is 1.25 bits per heavy atom. The summed E-state index contributed by atoms with van der Waals surface area (Å²) in [5, 5.41) is 6.69. The monoisotopic (exact) mass is 320 g/mol. The zero-order chi connectivity index (χ0) is 16.5. The summed E-state index contributed by atoms with van der Waals surface area (Å²) in [6.07, 6.45) is 3.64. The van der Waals surface area contributed by atoms with Crippen LogP contribution < -0.4 is 10.5 Å². The minimum atomic E-state index is -0.415. The Balaban J connectivity index is 1.70. The molecule has 0 saturated carbocycles. The first kappa shape index (κ1) is 14.4. The van der Waals surface area contributed by atoms with E-state index in [4.69, 9.17) is 15.6 Å². The second kappa shape index (κ2) is 5.81. The van der Waals surface area contributed by atoms with Gasteiger partial charge in [0.15, 0.2) is 0 Å². The first-order valence-corrected chi connectivity index (χ1v) is 7.71. The number of pyridine rings is 1. The number of nitrogens with two attached hydrogens (primary N) is 1. The normalized spacial score (nSPS) is 15.5. The number of primary amides is 1. The Hall–Kier alpha value is -3.15. The van der Waals surface area contributed by atoms with Gasteiger partial charge in [-0.05, 0) is 23.8 Å². The smallest absolute Gasteiger partial charge is 0.225 e. The number of fused-ring (bicyclic) bond motifs is 3. The van der Waals surface area contributed by atoms with Crippen molar-refractivity contribution in [1.82, 2.24) is 9.99 Å². The molecule has 120 valence electrons. The van der Waals surface area contributed by atoms with Crippen LogP contribution in [0.5, 0.6) is 5.75 Å². The molecular weight excluding hydrogens is 304 g/mol. The lowest BCUT2D eigenvalue weighted by Crippen LogP contribution is -2.22. The maximum Gasteiger partial charge on any atom is 0.225 e. The van der Waals surface area contributed by atoms with Crippen LogP contribution in [-0.2, 0) is 11.3 Å². The van der Waals surface area contributed by atoms with Crippen molar-refractivity contribution in [2.75, 3.05) is 6.54 Å². The van der Waals surface area contributed by atoms with Gasteiger partial charge in [-0.2, -0.15) is 5.10 Å². The van der Waals surface area contributed by atoms with E-state index in [0.717, 1.165) is 22.4 Å². The van der Waals surface area contributed by atoms with E-state index >= 15 is 0 Å². The topological polar surface area (TPSA) is 80.8 Å². The fourth-order valence-corrected chi connectivity index (χ4v) is 2.97. The number of carbonyl (C=O) groups excluding carboxylic acids is 1. The molecule has 1 aromatic carbocycles. The lowest BCUT2D eigenvalue weighted by Gasteiger charge is -2.21. The van der Waals surface area contributed by atoms with Crippen molar-refractivity contribution < 1.29 is 9.53 Å². The van der Waals surface area contributed by atoms with Gasteiger partial charge in [0.1, 0.15) is 17.2 Å². The summed E-state index contributed by atoms with van der Waals surface area (Å²) in [7, 11) is 0. The van der Waals surface area contributed by atoms with Crippen LogP contribution in [0.1, 0.15) is 17.5 Å². The van der Waals surface area contributed by atoms with E-state index in [1.165, 1.54) is 0 Å². The standard InChI is InChI=1S/C18H16N4O2/c19-17(23)8-16-14-11-22(10-12-4-3-7-20-9-12)21-18(14)13-5-1-2-6-15(13)24-16/h1-7,9H,8,10-11H2,(H2,19,23). The maximum atomic E-state index is 11.4. The van der Waals surface area contributed by atoms with Gasteiger partial charge in [-0.1, -0.05) is 18.2 Å². The van der Waals surface area contributed by atoms with Gasteiger partial charge in [0.2, 0.25) is 5.91 Å². The van der Waals surface area contributed by atoms with E-state index in [1.807, 2.05) is 47.6 Å². The van der Waals surface area contributed by atoms with Gasteiger partial charge in [-0.3, -0.25) is 14.8 Å². The molecule has 0 radical (unpaired) electrons. The highest BCUT2D eigenvalue weighted by Gasteiger charge is 2.32. The Labute approximate surface area is 139 Å². The molecule has 2 aromatic rings. The summed E-state index contributed by atoms with van der Waals surface area (Å²) in [5.41, 5.74) is 9.17. The third-order valence-corrected chi connectivity index (χ3v) is 4.00. The molecule has 1 aromatic heterocycles. The number of hydrogen-bond acceptors (Lipinski definition) is 5. The third-order valence-electron chi connectivity index (χ3n) is 4.00. The number of para-hydroxylation sites is 1. The first-order chi connectivity index (χ1) is 11.7. The molecule has 0 aliphatic carbocycles. The SMILES string of the molecule is NC(=O)CC1=C2CN(Cc3cccnc3)N=C2c2ccccc2O1. The zero-order valence-electron chi connectivity index (χ0n) is 13.0. The van der Waals surface area contributed by atoms with E-state index in [-0.39, 0.29) is 6.42 Å². The molecule has 2 aliphatic heterocycles. The van der Waals surface area contributed by atoms with Gasteiger partial charge < -0.3 is 10.5 Å². The fraction of sp³-hybridized carbons (Fsp3) is 0.167. The molecule has 0 fully saturated rings. The molecule has 0 spiro atoms. The number of aromatic nitrogens is 1. The lowest BCUT2D eigenvalue weighted by molar-refractivity contribution is -0.117.